The summed E-state index contributed by atoms with van der Waals surface area (Å²) in [7, 11) is 0. The largest absolute Gasteiger partial charge is 0.493 e. The van der Waals surface area contributed by atoms with Crippen LogP contribution in [0.4, 0.5) is 18.9 Å². The predicted octanol–water partition coefficient (Wildman–Crippen LogP) is 5.75. The van der Waals surface area contributed by atoms with Crippen LogP contribution < -0.4 is 14.8 Å². The van der Waals surface area contributed by atoms with Crippen LogP contribution in [0.15, 0.2) is 54.7 Å². The summed E-state index contributed by atoms with van der Waals surface area (Å²) in [5.41, 5.74) is -0.243. The number of carbonyl (C=O) groups is 2. The maximum absolute atomic E-state index is 12.6. The van der Waals surface area contributed by atoms with Gasteiger partial charge in [0.25, 0.3) is 5.91 Å². The highest BCUT2D eigenvalue weighted by Crippen LogP contribution is 2.41. The van der Waals surface area contributed by atoms with Crippen molar-refractivity contribution in [3.05, 3.63) is 76.6 Å². The smallest absolute Gasteiger partial charge is 0.433 e. The third-order valence-electron chi connectivity index (χ3n) is 5.06. The number of aliphatic carboxylic acids is 1. The van der Waals surface area contributed by atoms with E-state index in [1.807, 2.05) is 0 Å². The van der Waals surface area contributed by atoms with Gasteiger partial charge in [0.1, 0.15) is 22.9 Å². The predicted molar refractivity (Wildman–Crippen MR) is 116 cm³/mol. The van der Waals surface area contributed by atoms with E-state index in [0.717, 1.165) is 18.3 Å². The van der Waals surface area contributed by atoms with Gasteiger partial charge in [0, 0.05) is 17.2 Å². The maximum Gasteiger partial charge on any atom is 0.433 e. The van der Waals surface area contributed by atoms with E-state index in [0.29, 0.717) is 23.5 Å². The molecule has 0 saturated heterocycles. The monoisotopic (exact) mass is 492 g/mol. The second kappa shape index (κ2) is 9.22. The number of alkyl halides is 3. The molecule has 0 bridgehead atoms. The zero-order valence-corrected chi connectivity index (χ0v) is 18.0. The first-order valence-electron chi connectivity index (χ1n) is 9.93. The third kappa shape index (κ3) is 5.07. The molecular weight excluding hydrogens is 477 g/mol. The number of ether oxygens (including phenoxy) is 2. The van der Waals surface area contributed by atoms with Gasteiger partial charge in [0.2, 0.25) is 0 Å². The summed E-state index contributed by atoms with van der Waals surface area (Å²) in [6, 6.07) is 10.9. The average molecular weight is 493 g/mol. The van der Waals surface area contributed by atoms with E-state index in [4.69, 9.17) is 21.1 Å². The summed E-state index contributed by atoms with van der Waals surface area (Å²) in [5, 5.41) is 12.0. The Morgan fingerprint density at radius 3 is 2.50 bits per heavy atom. The number of fused-ring (bicyclic) bond motifs is 1. The van der Waals surface area contributed by atoms with Crippen molar-refractivity contribution >= 4 is 29.2 Å². The van der Waals surface area contributed by atoms with Crippen LogP contribution in [0.1, 0.15) is 34.0 Å². The van der Waals surface area contributed by atoms with Gasteiger partial charge in [-0.2, -0.15) is 13.2 Å². The maximum atomic E-state index is 12.6. The molecule has 176 valence electrons. The van der Waals surface area contributed by atoms with Crippen LogP contribution in [0.3, 0.4) is 0 Å². The number of amides is 1. The fourth-order valence-electron chi connectivity index (χ4n) is 3.36. The van der Waals surface area contributed by atoms with Crippen LogP contribution in [0.2, 0.25) is 5.02 Å². The Balaban J connectivity index is 1.45. The van der Waals surface area contributed by atoms with Gasteiger partial charge >= 0.3 is 12.1 Å². The molecule has 2 heterocycles. The lowest BCUT2D eigenvalue weighted by atomic mass is 9.93. The highest BCUT2D eigenvalue weighted by molar-refractivity contribution is 6.32. The Kier molecular flexibility index (Phi) is 6.34. The molecule has 1 amide bonds. The third-order valence-corrected chi connectivity index (χ3v) is 5.35. The van der Waals surface area contributed by atoms with Crippen molar-refractivity contribution in [3.8, 4) is 17.2 Å². The van der Waals surface area contributed by atoms with E-state index in [2.05, 4.69) is 10.3 Å². The zero-order chi connectivity index (χ0) is 24.5. The molecule has 2 aromatic carbocycles. The SMILES string of the molecule is O=C(Nc1ccc(C(F)(F)F)nc1)c1ccc(Oc2cc3c(cc2Cl)C(C(=O)O)CCO3)cc1. The van der Waals surface area contributed by atoms with E-state index in [1.165, 1.54) is 36.4 Å². The zero-order valence-electron chi connectivity index (χ0n) is 17.2. The minimum atomic E-state index is -4.57. The van der Waals surface area contributed by atoms with Crippen LogP contribution in [0.25, 0.3) is 0 Å². The molecule has 34 heavy (non-hydrogen) atoms. The molecule has 1 aliphatic rings. The summed E-state index contributed by atoms with van der Waals surface area (Å²) in [4.78, 5) is 27.1. The number of aromatic nitrogens is 1. The summed E-state index contributed by atoms with van der Waals surface area (Å²) in [6.45, 7) is 0.253. The van der Waals surface area contributed by atoms with Gasteiger partial charge in [-0.3, -0.25) is 9.59 Å². The summed E-state index contributed by atoms with van der Waals surface area (Å²) >= 11 is 6.28. The van der Waals surface area contributed by atoms with Crippen molar-refractivity contribution < 1.29 is 37.3 Å². The number of rotatable bonds is 5. The Bertz CT molecular complexity index is 1230. The van der Waals surface area contributed by atoms with Crippen LogP contribution in [-0.4, -0.2) is 28.6 Å². The van der Waals surface area contributed by atoms with E-state index in [9.17, 15) is 27.9 Å². The number of halogens is 4. The fraction of sp³-hybridized carbons (Fsp3) is 0.174. The molecule has 0 saturated carbocycles. The van der Waals surface area contributed by atoms with Crippen molar-refractivity contribution in [1.82, 2.24) is 4.98 Å². The normalized spacial score (nSPS) is 15.1. The van der Waals surface area contributed by atoms with Crippen molar-refractivity contribution in [2.45, 2.75) is 18.5 Å². The van der Waals surface area contributed by atoms with Crippen molar-refractivity contribution in [2.75, 3.05) is 11.9 Å². The molecule has 0 spiro atoms. The first-order chi connectivity index (χ1) is 16.1. The van der Waals surface area contributed by atoms with Gasteiger partial charge in [-0.05, 0) is 48.9 Å². The van der Waals surface area contributed by atoms with Gasteiger partial charge in [-0.1, -0.05) is 11.6 Å². The Hall–Kier alpha value is -3.79. The van der Waals surface area contributed by atoms with Crippen LogP contribution >= 0.6 is 11.6 Å². The molecule has 0 aliphatic carbocycles. The number of hydrogen-bond acceptors (Lipinski definition) is 5. The fourth-order valence-corrected chi connectivity index (χ4v) is 3.58. The number of pyridine rings is 1. The van der Waals surface area contributed by atoms with Gasteiger partial charge in [-0.25, -0.2) is 4.98 Å². The van der Waals surface area contributed by atoms with Crippen molar-refractivity contribution in [1.29, 1.82) is 0 Å². The lowest BCUT2D eigenvalue weighted by Gasteiger charge is -2.24. The Morgan fingerprint density at radius 1 is 1.15 bits per heavy atom. The highest BCUT2D eigenvalue weighted by atomic mass is 35.5. The van der Waals surface area contributed by atoms with Gasteiger partial charge in [0.15, 0.2) is 0 Å². The second-order valence-corrected chi connectivity index (χ2v) is 7.77. The van der Waals surface area contributed by atoms with Gasteiger partial charge in [-0.15, -0.1) is 0 Å². The Labute approximate surface area is 196 Å². The number of nitrogens with zero attached hydrogens (tertiary/aromatic N) is 1. The Morgan fingerprint density at radius 2 is 1.88 bits per heavy atom. The molecule has 0 radical (unpaired) electrons. The molecular formula is C23H16ClF3N2O5. The first-order valence-corrected chi connectivity index (χ1v) is 10.3. The average Bonchev–Trinajstić information content (AvgIpc) is 2.79. The van der Waals surface area contributed by atoms with Crippen LogP contribution in [0.5, 0.6) is 17.2 Å². The standard InChI is InChI=1S/C23H16ClF3N2O5/c24-17-9-16-15(22(31)32)7-8-33-18(16)10-19(17)34-14-4-1-12(2-5-14)21(30)29-13-3-6-20(28-11-13)23(25,26)27/h1-6,9-11,15H,7-8H2,(H,29,30)(H,31,32). The minimum absolute atomic E-state index is 0.110. The van der Waals surface area contributed by atoms with Crippen molar-refractivity contribution in [3.63, 3.8) is 0 Å². The molecule has 2 N–H and O–H groups in total. The molecule has 1 atom stereocenters. The highest BCUT2D eigenvalue weighted by Gasteiger charge is 2.32. The molecule has 1 aromatic heterocycles. The molecule has 3 aromatic rings. The lowest BCUT2D eigenvalue weighted by Crippen LogP contribution is -2.20. The quantitative estimate of drug-likeness (QED) is 0.470. The second-order valence-electron chi connectivity index (χ2n) is 7.36. The lowest BCUT2D eigenvalue weighted by molar-refractivity contribution is -0.141. The molecule has 0 fully saturated rings. The summed E-state index contributed by atoms with van der Waals surface area (Å²) in [5.74, 6) is -1.25. The number of hydrogen-bond donors (Lipinski definition) is 2. The van der Waals surface area contributed by atoms with Gasteiger partial charge in [0.05, 0.1) is 29.4 Å². The summed E-state index contributed by atoms with van der Waals surface area (Å²) < 4.78 is 49.1. The molecule has 1 aliphatic heterocycles. The van der Waals surface area contributed by atoms with Crippen LogP contribution in [0, 0.1) is 0 Å². The summed E-state index contributed by atoms with van der Waals surface area (Å²) in [6.07, 6.45) is -3.30. The number of anilines is 1. The number of nitrogens with one attached hydrogen (secondary N) is 1. The number of benzene rings is 2. The number of carboxylic acids is 1. The molecule has 7 nitrogen and oxygen atoms in total. The van der Waals surface area contributed by atoms with E-state index >= 15 is 0 Å². The minimum Gasteiger partial charge on any atom is -0.493 e. The topological polar surface area (TPSA) is 97.8 Å². The van der Waals surface area contributed by atoms with Crippen molar-refractivity contribution in [2.24, 2.45) is 0 Å². The first kappa shape index (κ1) is 23.4. The van der Waals surface area contributed by atoms with E-state index < -0.39 is 29.7 Å². The van der Waals surface area contributed by atoms with E-state index in [-0.39, 0.29) is 28.6 Å². The molecule has 1 unspecified atom stereocenters. The molecule has 4 rings (SSSR count). The van der Waals surface area contributed by atoms with Gasteiger partial charge < -0.3 is 19.9 Å². The molecule has 11 heteroatoms. The number of carboxylic acid groups (broad SMARTS) is 1. The van der Waals surface area contributed by atoms with E-state index in [1.54, 1.807) is 0 Å². The van der Waals surface area contributed by atoms with Crippen LogP contribution in [-0.2, 0) is 11.0 Å². The number of carbonyl (C=O) groups excluding carboxylic acids is 1.